The lowest BCUT2D eigenvalue weighted by atomic mass is 9.87. The van der Waals surface area contributed by atoms with Crippen LogP contribution < -0.4 is 10.6 Å². The molecule has 3 aromatic rings. The molecule has 0 aliphatic carbocycles. The van der Waals surface area contributed by atoms with E-state index in [2.05, 4.69) is 48.3 Å². The largest absolute Gasteiger partial charge is 0.486 e. The number of aromatic nitrogens is 4. The van der Waals surface area contributed by atoms with Gasteiger partial charge in [-0.2, -0.15) is 0 Å². The summed E-state index contributed by atoms with van der Waals surface area (Å²) in [5.41, 5.74) is 3.31. The van der Waals surface area contributed by atoms with Crippen LogP contribution in [-0.4, -0.2) is 20.0 Å². The summed E-state index contributed by atoms with van der Waals surface area (Å²) in [4.78, 5) is 0. The Morgan fingerprint density at radius 2 is 1.85 bits per heavy atom. The van der Waals surface area contributed by atoms with Crippen molar-refractivity contribution in [3.63, 3.8) is 0 Å². The van der Waals surface area contributed by atoms with E-state index in [1.54, 1.807) is 0 Å². The van der Waals surface area contributed by atoms with Crippen molar-refractivity contribution in [2.45, 2.75) is 57.5 Å². The Labute approximate surface area is 163 Å². The van der Waals surface area contributed by atoms with Crippen LogP contribution in [0.15, 0.2) is 33.9 Å². The predicted octanol–water partition coefficient (Wildman–Crippen LogP) is 3.77. The van der Waals surface area contributed by atoms with Crippen LogP contribution in [0.3, 0.4) is 0 Å². The Balaban J connectivity index is 1.60. The number of hydrogen-bond acceptors (Lipinski definition) is 7. The van der Waals surface area contributed by atoms with Crippen molar-refractivity contribution in [3.8, 4) is 5.75 Å². The maximum absolute atomic E-state index is 6.12. The monoisotopic (exact) mass is 387 g/mol. The first-order valence-corrected chi connectivity index (χ1v) is 9.71. The second-order valence-electron chi connectivity index (χ2n) is 7.42. The molecule has 0 saturated carbocycles. The molecule has 0 bridgehead atoms. The topological polar surface area (TPSA) is 92.0 Å². The van der Waals surface area contributed by atoms with Gasteiger partial charge in [0.2, 0.25) is 5.16 Å². The lowest BCUT2D eigenvalue weighted by Gasteiger charge is -2.19. The molecule has 7 nitrogen and oxygen atoms in total. The quantitative estimate of drug-likeness (QED) is 0.508. The summed E-state index contributed by atoms with van der Waals surface area (Å²) in [5, 5.41) is 12.9. The number of benzene rings is 1. The molecule has 2 N–H and O–H groups in total. The number of ether oxygens (including phenoxy) is 1. The minimum absolute atomic E-state index is 0.114. The Morgan fingerprint density at radius 1 is 1.15 bits per heavy atom. The number of nitrogens with two attached hydrogens (primary N) is 1. The van der Waals surface area contributed by atoms with Gasteiger partial charge in [0.15, 0.2) is 5.82 Å². The average Bonchev–Trinajstić information content (AvgIpc) is 3.13. The molecule has 1 aromatic carbocycles. The number of hydrogen-bond donors (Lipinski definition) is 1. The van der Waals surface area contributed by atoms with Gasteiger partial charge in [-0.3, -0.25) is 0 Å². The van der Waals surface area contributed by atoms with Crippen molar-refractivity contribution >= 4 is 11.8 Å². The van der Waals surface area contributed by atoms with Crippen LogP contribution in [0.2, 0.25) is 0 Å². The molecule has 0 atom stereocenters. The molecule has 27 heavy (non-hydrogen) atoms. The van der Waals surface area contributed by atoms with Crippen LogP contribution in [0.5, 0.6) is 5.75 Å². The average molecular weight is 388 g/mol. The summed E-state index contributed by atoms with van der Waals surface area (Å²) < 4.78 is 12.4. The number of rotatable bonds is 6. The van der Waals surface area contributed by atoms with Crippen LogP contribution in [0.25, 0.3) is 0 Å². The molecule has 144 valence electrons. The van der Waals surface area contributed by atoms with E-state index >= 15 is 0 Å². The van der Waals surface area contributed by atoms with Gasteiger partial charge in [0.1, 0.15) is 18.1 Å². The molecule has 3 rings (SSSR count). The molecular weight excluding hydrogens is 362 g/mol. The third kappa shape index (κ3) is 4.44. The van der Waals surface area contributed by atoms with Gasteiger partial charge < -0.3 is 15.1 Å². The SMILES string of the molecule is Cc1noc(C)c1CSc1nnc(COc2ccc(C(C)(C)C)cc2)n1N. The van der Waals surface area contributed by atoms with Crippen LogP contribution in [0.4, 0.5) is 0 Å². The molecular formula is C19H25N5O2S. The Kier molecular flexibility index (Phi) is 5.46. The van der Waals surface area contributed by atoms with E-state index < -0.39 is 0 Å². The van der Waals surface area contributed by atoms with Gasteiger partial charge in [0.05, 0.1) is 5.69 Å². The minimum atomic E-state index is 0.114. The van der Waals surface area contributed by atoms with Crippen LogP contribution >= 0.6 is 11.8 Å². The first-order valence-electron chi connectivity index (χ1n) is 8.73. The summed E-state index contributed by atoms with van der Waals surface area (Å²) in [6, 6.07) is 8.08. The van der Waals surface area contributed by atoms with E-state index in [1.807, 2.05) is 26.0 Å². The van der Waals surface area contributed by atoms with Crippen molar-refractivity contribution in [1.29, 1.82) is 0 Å². The standard InChI is InChI=1S/C19H25N5O2S/c1-12-16(13(2)26-23-12)11-27-18-22-21-17(24(18)20)10-25-15-8-6-14(7-9-15)19(3,4)5/h6-9H,10-11,20H2,1-5H3. The zero-order chi connectivity index (χ0) is 19.6. The first-order chi connectivity index (χ1) is 12.8. The fourth-order valence-electron chi connectivity index (χ4n) is 2.55. The molecule has 0 unspecified atom stereocenters. The van der Waals surface area contributed by atoms with E-state index in [-0.39, 0.29) is 12.0 Å². The normalized spacial score (nSPS) is 11.7. The maximum atomic E-state index is 6.12. The molecule has 2 aromatic heterocycles. The van der Waals surface area contributed by atoms with E-state index in [1.165, 1.54) is 22.0 Å². The van der Waals surface area contributed by atoms with Crippen LogP contribution in [0, 0.1) is 13.8 Å². The van der Waals surface area contributed by atoms with Gasteiger partial charge in [0.25, 0.3) is 0 Å². The Bertz CT molecular complexity index is 890. The zero-order valence-corrected chi connectivity index (χ0v) is 17.1. The molecule has 0 fully saturated rings. The molecule has 0 aliphatic rings. The second-order valence-corrected chi connectivity index (χ2v) is 8.37. The highest BCUT2D eigenvalue weighted by atomic mass is 32.2. The zero-order valence-electron chi connectivity index (χ0n) is 16.3. The minimum Gasteiger partial charge on any atom is -0.486 e. The van der Waals surface area contributed by atoms with E-state index in [9.17, 15) is 0 Å². The maximum Gasteiger partial charge on any atom is 0.210 e. The number of nitrogens with zero attached hydrogens (tertiary/aromatic N) is 4. The van der Waals surface area contributed by atoms with Gasteiger partial charge >= 0.3 is 0 Å². The lowest BCUT2D eigenvalue weighted by molar-refractivity contribution is 0.291. The van der Waals surface area contributed by atoms with E-state index in [0.29, 0.717) is 16.7 Å². The van der Waals surface area contributed by atoms with Gasteiger partial charge in [-0.15, -0.1) is 10.2 Å². The smallest absolute Gasteiger partial charge is 0.210 e. The van der Waals surface area contributed by atoms with Gasteiger partial charge in [-0.25, -0.2) is 4.68 Å². The molecule has 8 heteroatoms. The van der Waals surface area contributed by atoms with Crippen molar-refractivity contribution in [3.05, 3.63) is 52.7 Å². The number of nitrogen functional groups attached to an aromatic ring is 1. The van der Waals surface area contributed by atoms with Crippen molar-refractivity contribution in [2.24, 2.45) is 0 Å². The van der Waals surface area contributed by atoms with Crippen LogP contribution in [-0.2, 0) is 17.8 Å². The molecule has 0 radical (unpaired) electrons. The van der Waals surface area contributed by atoms with Crippen LogP contribution in [0.1, 0.15) is 49.2 Å². The van der Waals surface area contributed by atoms with E-state index in [4.69, 9.17) is 15.1 Å². The summed E-state index contributed by atoms with van der Waals surface area (Å²) in [6.45, 7) is 10.6. The first kappa shape index (κ1) is 19.3. The summed E-state index contributed by atoms with van der Waals surface area (Å²) in [5.74, 6) is 8.94. The van der Waals surface area contributed by atoms with E-state index in [0.717, 1.165) is 22.8 Å². The summed E-state index contributed by atoms with van der Waals surface area (Å²) in [7, 11) is 0. The highest BCUT2D eigenvalue weighted by Gasteiger charge is 2.15. The molecule has 2 heterocycles. The summed E-state index contributed by atoms with van der Waals surface area (Å²) >= 11 is 1.49. The third-order valence-electron chi connectivity index (χ3n) is 4.35. The number of thioether (sulfide) groups is 1. The Morgan fingerprint density at radius 3 is 2.44 bits per heavy atom. The van der Waals surface area contributed by atoms with Crippen molar-refractivity contribution < 1.29 is 9.26 Å². The third-order valence-corrected chi connectivity index (χ3v) is 5.32. The number of aryl methyl sites for hydroxylation is 2. The molecule has 0 spiro atoms. The molecule has 0 saturated heterocycles. The molecule has 0 amide bonds. The fourth-order valence-corrected chi connectivity index (χ4v) is 3.58. The molecule has 0 aliphatic heterocycles. The predicted molar refractivity (Wildman–Crippen MR) is 105 cm³/mol. The highest BCUT2D eigenvalue weighted by molar-refractivity contribution is 7.98. The van der Waals surface area contributed by atoms with Gasteiger partial charge in [0, 0.05) is 11.3 Å². The van der Waals surface area contributed by atoms with Crippen molar-refractivity contribution in [2.75, 3.05) is 5.84 Å². The van der Waals surface area contributed by atoms with Gasteiger partial charge in [-0.1, -0.05) is 49.8 Å². The van der Waals surface area contributed by atoms with Crippen molar-refractivity contribution in [1.82, 2.24) is 20.0 Å². The van der Waals surface area contributed by atoms with Gasteiger partial charge in [-0.05, 0) is 37.0 Å². The summed E-state index contributed by atoms with van der Waals surface area (Å²) in [6.07, 6.45) is 0. The second kappa shape index (κ2) is 7.64. The lowest BCUT2D eigenvalue weighted by Crippen LogP contribution is -2.16. The fraction of sp³-hybridized carbons (Fsp3) is 0.421. The highest BCUT2D eigenvalue weighted by Crippen LogP contribution is 2.26. The Hall–Kier alpha value is -2.48.